The first-order valence-corrected chi connectivity index (χ1v) is 14.2. The number of alkyl halides is 1. The molecule has 2 aromatic carbocycles. The lowest BCUT2D eigenvalue weighted by Gasteiger charge is -2.35. The third-order valence-corrected chi connectivity index (χ3v) is 9.23. The molecule has 2 aliphatic rings. The van der Waals surface area contributed by atoms with Gasteiger partial charge in [-0.1, -0.05) is 51.8 Å². The van der Waals surface area contributed by atoms with E-state index in [-0.39, 0.29) is 43.3 Å². The van der Waals surface area contributed by atoms with Gasteiger partial charge in [-0.3, -0.25) is 9.59 Å². The van der Waals surface area contributed by atoms with Gasteiger partial charge in [0.1, 0.15) is 0 Å². The number of rotatable bonds is 7. The average molecular weight is 599 g/mol. The van der Waals surface area contributed by atoms with E-state index < -0.39 is 21.6 Å². The molecule has 192 valence electrons. The Kier molecular flexibility index (Phi) is 8.18. The van der Waals surface area contributed by atoms with Gasteiger partial charge in [0.25, 0.3) is 5.91 Å². The number of hydrogen-bond donors (Lipinski definition) is 1. The first-order valence-electron chi connectivity index (χ1n) is 11.6. The number of piperidine rings is 1. The fourth-order valence-electron chi connectivity index (χ4n) is 4.18. The maximum absolute atomic E-state index is 15.4. The molecule has 36 heavy (non-hydrogen) atoms. The second kappa shape index (κ2) is 11.0. The maximum atomic E-state index is 15.4. The third-order valence-electron chi connectivity index (χ3n) is 6.45. The largest absolute Gasteiger partial charge is 0.350 e. The van der Waals surface area contributed by atoms with Gasteiger partial charge in [-0.05, 0) is 30.7 Å². The molecule has 4 rings (SSSR count). The summed E-state index contributed by atoms with van der Waals surface area (Å²) < 4.78 is 44.4. The monoisotopic (exact) mass is 597 g/mol. The van der Waals surface area contributed by atoms with Crippen LogP contribution in [-0.2, 0) is 19.6 Å². The Hall–Kier alpha value is -2.27. The molecule has 2 amide bonds. The maximum Gasteiger partial charge on any atom is 0.258 e. The molecule has 0 atom stereocenters. The van der Waals surface area contributed by atoms with Crippen molar-refractivity contribution in [1.29, 1.82) is 0 Å². The summed E-state index contributed by atoms with van der Waals surface area (Å²) in [5.74, 6) is -0.936. The van der Waals surface area contributed by atoms with Crippen LogP contribution >= 0.6 is 27.5 Å². The molecular formula is C25H26BrClFN3O4S. The van der Waals surface area contributed by atoms with E-state index in [9.17, 15) is 18.0 Å². The average Bonchev–Trinajstić information content (AvgIpc) is 2.81. The predicted molar refractivity (Wildman–Crippen MR) is 140 cm³/mol. The zero-order valence-electron chi connectivity index (χ0n) is 19.4. The lowest BCUT2D eigenvalue weighted by atomic mass is 9.93. The molecule has 0 saturated carbocycles. The summed E-state index contributed by atoms with van der Waals surface area (Å²) in [5.41, 5.74) is -1.19. The highest BCUT2D eigenvalue weighted by atomic mass is 79.9. The highest BCUT2D eigenvalue weighted by Crippen LogP contribution is 2.37. The van der Waals surface area contributed by atoms with Crippen molar-refractivity contribution in [2.24, 2.45) is 0 Å². The van der Waals surface area contributed by atoms with Crippen LogP contribution in [-0.4, -0.2) is 67.8 Å². The predicted octanol–water partition coefficient (Wildman–Crippen LogP) is 4.17. The lowest BCUT2D eigenvalue weighted by molar-refractivity contribution is -0.135. The Morgan fingerprint density at radius 1 is 1.08 bits per heavy atom. The van der Waals surface area contributed by atoms with Gasteiger partial charge < -0.3 is 10.2 Å². The second-order valence-electron chi connectivity index (χ2n) is 8.78. The number of benzene rings is 2. The molecule has 0 aliphatic carbocycles. The lowest BCUT2D eigenvalue weighted by Crippen LogP contribution is -2.52. The fraction of sp³-hybridized carbons (Fsp3) is 0.360. The van der Waals surface area contributed by atoms with Crippen LogP contribution in [0.1, 0.15) is 19.3 Å². The van der Waals surface area contributed by atoms with Crippen molar-refractivity contribution in [3.05, 3.63) is 64.1 Å². The van der Waals surface area contributed by atoms with Gasteiger partial charge in [0, 0.05) is 72.3 Å². The van der Waals surface area contributed by atoms with Crippen molar-refractivity contribution in [1.82, 2.24) is 14.5 Å². The van der Waals surface area contributed by atoms with E-state index in [0.29, 0.717) is 20.6 Å². The van der Waals surface area contributed by atoms with Gasteiger partial charge >= 0.3 is 0 Å². The summed E-state index contributed by atoms with van der Waals surface area (Å²) in [5, 5.41) is 2.90. The number of sulfonamides is 1. The number of nitrogens with zero attached hydrogens (tertiary/aromatic N) is 2. The van der Waals surface area contributed by atoms with Crippen molar-refractivity contribution in [3.8, 4) is 11.1 Å². The molecule has 7 nitrogen and oxygen atoms in total. The summed E-state index contributed by atoms with van der Waals surface area (Å²) in [6, 6.07) is 11.8. The van der Waals surface area contributed by atoms with E-state index >= 15 is 4.39 Å². The van der Waals surface area contributed by atoms with Crippen molar-refractivity contribution in [3.63, 3.8) is 0 Å². The van der Waals surface area contributed by atoms with E-state index in [1.807, 2.05) is 0 Å². The molecule has 2 heterocycles. The minimum atomic E-state index is -3.98. The molecule has 0 bridgehead atoms. The van der Waals surface area contributed by atoms with Crippen LogP contribution in [0.15, 0.2) is 64.0 Å². The first-order chi connectivity index (χ1) is 17.1. The van der Waals surface area contributed by atoms with Crippen LogP contribution in [0.25, 0.3) is 11.1 Å². The standard InChI is InChI=1S/C25H26BrClFN3O4S/c26-18-8-9-22(20(17-18)19-5-1-2-6-21(19)27)36(34,35)31-15-10-25(28,11-16-31)24(33)29-12-3-7-23(32)30-13-4-14-30/h1-3,5-9,17H,4,10-16H2,(H,29,33). The van der Waals surface area contributed by atoms with E-state index in [2.05, 4.69) is 21.2 Å². The summed E-state index contributed by atoms with van der Waals surface area (Å²) in [4.78, 5) is 26.1. The van der Waals surface area contributed by atoms with Crippen molar-refractivity contribution in [2.45, 2.75) is 29.8 Å². The van der Waals surface area contributed by atoms with E-state index in [0.717, 1.165) is 19.5 Å². The number of carbonyl (C=O) groups excluding carboxylic acids is 2. The van der Waals surface area contributed by atoms with E-state index in [1.165, 1.54) is 22.5 Å². The zero-order chi connectivity index (χ0) is 25.9. The number of likely N-dealkylation sites (tertiary alicyclic amines) is 1. The summed E-state index contributed by atoms with van der Waals surface area (Å²) in [7, 11) is -3.98. The molecule has 2 fully saturated rings. The summed E-state index contributed by atoms with van der Waals surface area (Å²) in [6.45, 7) is 1.18. The molecule has 2 aliphatic heterocycles. The highest BCUT2D eigenvalue weighted by molar-refractivity contribution is 9.10. The molecule has 2 saturated heterocycles. The molecule has 2 aromatic rings. The Morgan fingerprint density at radius 2 is 1.78 bits per heavy atom. The second-order valence-corrected chi connectivity index (χ2v) is 12.0. The van der Waals surface area contributed by atoms with Gasteiger partial charge in [-0.25, -0.2) is 12.8 Å². The van der Waals surface area contributed by atoms with Crippen LogP contribution in [0.5, 0.6) is 0 Å². The van der Waals surface area contributed by atoms with Gasteiger partial charge in [0.05, 0.1) is 4.90 Å². The number of amides is 2. The summed E-state index contributed by atoms with van der Waals surface area (Å²) in [6.07, 6.45) is 3.30. The molecule has 0 radical (unpaired) electrons. The minimum Gasteiger partial charge on any atom is -0.350 e. The zero-order valence-corrected chi connectivity index (χ0v) is 22.6. The number of hydrogen-bond acceptors (Lipinski definition) is 4. The Morgan fingerprint density at radius 3 is 2.42 bits per heavy atom. The topological polar surface area (TPSA) is 86.8 Å². The molecular weight excluding hydrogens is 573 g/mol. The van der Waals surface area contributed by atoms with Crippen molar-refractivity contribution < 1.29 is 22.4 Å². The van der Waals surface area contributed by atoms with Crippen LogP contribution in [0.4, 0.5) is 4.39 Å². The molecule has 0 unspecified atom stereocenters. The van der Waals surface area contributed by atoms with Gasteiger partial charge in [0.15, 0.2) is 5.67 Å². The van der Waals surface area contributed by atoms with Gasteiger partial charge in [-0.2, -0.15) is 4.31 Å². The Labute approximate surface area is 223 Å². The van der Waals surface area contributed by atoms with Crippen molar-refractivity contribution >= 4 is 49.4 Å². The molecule has 0 spiro atoms. The van der Waals surface area contributed by atoms with E-state index in [4.69, 9.17) is 11.6 Å². The van der Waals surface area contributed by atoms with Crippen molar-refractivity contribution in [2.75, 3.05) is 32.7 Å². The Balaban J connectivity index is 1.42. The van der Waals surface area contributed by atoms with Crippen LogP contribution in [0.2, 0.25) is 5.02 Å². The van der Waals surface area contributed by atoms with Gasteiger partial charge in [0.2, 0.25) is 15.9 Å². The Bertz CT molecular complexity index is 1290. The summed E-state index contributed by atoms with van der Waals surface area (Å²) >= 11 is 9.73. The molecule has 0 aromatic heterocycles. The third kappa shape index (κ3) is 5.66. The minimum absolute atomic E-state index is 0.0200. The number of halogens is 3. The smallest absolute Gasteiger partial charge is 0.258 e. The van der Waals surface area contributed by atoms with Gasteiger partial charge in [-0.15, -0.1) is 0 Å². The normalized spacial score (nSPS) is 18.1. The number of nitrogens with one attached hydrogen (secondary N) is 1. The number of carbonyl (C=O) groups is 2. The van der Waals surface area contributed by atoms with Crippen LogP contribution in [0, 0.1) is 0 Å². The van der Waals surface area contributed by atoms with E-state index in [1.54, 1.807) is 41.3 Å². The quantitative estimate of drug-likeness (QED) is 0.485. The SMILES string of the molecule is O=C(C=CCNC(=O)C1(F)CCN(S(=O)(=O)c2ccc(Br)cc2-c2ccccc2Cl)CC1)N1CCC1. The highest BCUT2D eigenvalue weighted by Gasteiger charge is 2.44. The molecule has 1 N–H and O–H groups in total. The fourth-order valence-corrected chi connectivity index (χ4v) is 6.40. The van der Waals surface area contributed by atoms with Crippen LogP contribution in [0.3, 0.4) is 0 Å². The first kappa shape index (κ1) is 26.8. The molecule has 11 heteroatoms. The van der Waals surface area contributed by atoms with Crippen LogP contribution < -0.4 is 5.32 Å².